The Kier molecular flexibility index (Phi) is 6.62. The van der Waals surface area contributed by atoms with E-state index < -0.39 is 11.7 Å². The molecule has 164 valence electrons. The molecule has 1 atom stereocenters. The molecule has 0 aliphatic carbocycles. The van der Waals surface area contributed by atoms with E-state index in [9.17, 15) is 13.2 Å². The molecule has 0 spiro atoms. The van der Waals surface area contributed by atoms with Gasteiger partial charge in [0, 0.05) is 25.4 Å². The van der Waals surface area contributed by atoms with Crippen LogP contribution in [0.25, 0.3) is 0 Å². The van der Waals surface area contributed by atoms with Crippen LogP contribution in [0.3, 0.4) is 0 Å². The van der Waals surface area contributed by atoms with E-state index in [1.807, 2.05) is 12.1 Å². The number of nitrogens with zero attached hydrogens (tertiary/aromatic N) is 4. The third-order valence-corrected chi connectivity index (χ3v) is 5.16. The van der Waals surface area contributed by atoms with E-state index in [0.29, 0.717) is 30.4 Å². The van der Waals surface area contributed by atoms with Crippen LogP contribution >= 0.6 is 0 Å². The highest BCUT2D eigenvalue weighted by Gasteiger charge is 2.30. The maximum absolute atomic E-state index is 12.9. The van der Waals surface area contributed by atoms with Crippen LogP contribution in [0.4, 0.5) is 13.2 Å². The number of alkyl halides is 3. The molecule has 3 aromatic rings. The Hall–Kier alpha value is -2.78. The number of hydrogen-bond acceptors (Lipinski definition) is 6. The van der Waals surface area contributed by atoms with Crippen molar-refractivity contribution in [3.8, 4) is 0 Å². The normalized spacial score (nSPS) is 17.7. The highest BCUT2D eigenvalue weighted by molar-refractivity contribution is 5.27. The van der Waals surface area contributed by atoms with Crippen LogP contribution < -0.4 is 0 Å². The van der Waals surface area contributed by atoms with E-state index in [-0.39, 0.29) is 12.5 Å². The molecule has 6 nitrogen and oxygen atoms in total. The Balaban J connectivity index is 1.30. The summed E-state index contributed by atoms with van der Waals surface area (Å²) in [5.74, 6) is 0.825. The van der Waals surface area contributed by atoms with Crippen molar-refractivity contribution in [3.05, 3.63) is 77.2 Å². The standard InChI is InChI=1S/C22H23F3N4O2/c23-22(24,25)18-6-1-4-16(10-18)11-20-27-21(31-28-20)14-29-9-3-7-19(13-29)30-15-17-5-2-8-26-12-17/h1-2,4-6,8,10,12,19H,3,7,9,11,13-15H2/t19-/m1/s1. The number of pyridine rings is 1. The molecule has 9 heteroatoms. The molecule has 0 unspecified atom stereocenters. The van der Waals surface area contributed by atoms with E-state index >= 15 is 0 Å². The molecule has 0 saturated carbocycles. The SMILES string of the molecule is FC(F)(F)c1cccc(Cc2noc(CN3CCC[C@@H](OCc4cccnc4)C3)n2)c1. The average molecular weight is 432 g/mol. The first-order valence-corrected chi connectivity index (χ1v) is 10.2. The van der Waals surface area contributed by atoms with Gasteiger partial charge in [0.2, 0.25) is 5.89 Å². The molecule has 3 heterocycles. The van der Waals surface area contributed by atoms with Crippen molar-refractivity contribution in [1.82, 2.24) is 20.0 Å². The highest BCUT2D eigenvalue weighted by Crippen LogP contribution is 2.29. The van der Waals surface area contributed by atoms with E-state index in [1.165, 1.54) is 6.07 Å². The third kappa shape index (κ3) is 6.11. The lowest BCUT2D eigenvalue weighted by molar-refractivity contribution is -0.137. The molecule has 1 saturated heterocycles. The summed E-state index contributed by atoms with van der Waals surface area (Å²) in [7, 11) is 0. The topological polar surface area (TPSA) is 64.3 Å². The number of ether oxygens (including phenoxy) is 1. The minimum absolute atomic E-state index is 0.112. The summed E-state index contributed by atoms with van der Waals surface area (Å²) in [4.78, 5) is 10.6. The van der Waals surface area contributed by atoms with Gasteiger partial charge in [0.25, 0.3) is 0 Å². The maximum Gasteiger partial charge on any atom is 0.416 e. The summed E-state index contributed by atoms with van der Waals surface area (Å²) in [6, 6.07) is 9.05. The van der Waals surface area contributed by atoms with Gasteiger partial charge < -0.3 is 9.26 Å². The van der Waals surface area contributed by atoms with Gasteiger partial charge >= 0.3 is 6.18 Å². The fourth-order valence-corrected chi connectivity index (χ4v) is 3.65. The van der Waals surface area contributed by atoms with Crippen molar-refractivity contribution in [3.63, 3.8) is 0 Å². The Morgan fingerprint density at radius 2 is 2.03 bits per heavy atom. The van der Waals surface area contributed by atoms with Gasteiger partial charge in [-0.25, -0.2) is 0 Å². The van der Waals surface area contributed by atoms with Crippen molar-refractivity contribution < 1.29 is 22.4 Å². The fraction of sp³-hybridized carbons (Fsp3) is 0.409. The summed E-state index contributed by atoms with van der Waals surface area (Å²) < 4.78 is 50.0. The molecular formula is C22H23F3N4O2. The van der Waals surface area contributed by atoms with Crippen LogP contribution in [0.5, 0.6) is 0 Å². The number of rotatable bonds is 7. The summed E-state index contributed by atoms with van der Waals surface area (Å²) in [6.45, 7) is 2.67. The second-order valence-electron chi connectivity index (χ2n) is 7.65. The lowest BCUT2D eigenvalue weighted by Gasteiger charge is -2.31. The van der Waals surface area contributed by atoms with E-state index in [1.54, 1.807) is 18.5 Å². The molecule has 1 fully saturated rings. The first kappa shape index (κ1) is 21.5. The second-order valence-corrected chi connectivity index (χ2v) is 7.65. The molecule has 0 amide bonds. The molecule has 0 radical (unpaired) electrons. The summed E-state index contributed by atoms with van der Waals surface area (Å²) in [6.07, 6.45) is 1.45. The van der Waals surface area contributed by atoms with E-state index in [0.717, 1.165) is 43.6 Å². The van der Waals surface area contributed by atoms with Gasteiger partial charge in [-0.1, -0.05) is 29.4 Å². The number of hydrogen-bond donors (Lipinski definition) is 0. The predicted octanol–water partition coefficient (Wildman–Crippen LogP) is 4.26. The van der Waals surface area contributed by atoms with Gasteiger partial charge in [-0.3, -0.25) is 9.88 Å². The van der Waals surface area contributed by atoms with Gasteiger partial charge in [0.05, 0.1) is 24.8 Å². The van der Waals surface area contributed by atoms with Crippen LogP contribution in [-0.2, 0) is 30.5 Å². The second kappa shape index (κ2) is 9.57. The summed E-state index contributed by atoms with van der Waals surface area (Å²) in [5, 5.41) is 3.93. The van der Waals surface area contributed by atoms with Gasteiger partial charge in [-0.2, -0.15) is 18.2 Å². The summed E-state index contributed by atoms with van der Waals surface area (Å²) in [5.41, 5.74) is 0.846. The monoisotopic (exact) mass is 432 g/mol. The quantitative estimate of drug-likeness (QED) is 0.556. The Labute approximate surface area is 178 Å². The lowest BCUT2D eigenvalue weighted by atomic mass is 10.1. The van der Waals surface area contributed by atoms with Crippen LogP contribution in [0, 0.1) is 0 Å². The van der Waals surface area contributed by atoms with Crippen LogP contribution in [0.15, 0.2) is 53.3 Å². The maximum atomic E-state index is 12.9. The molecule has 2 aromatic heterocycles. The first-order valence-electron chi connectivity index (χ1n) is 10.2. The first-order chi connectivity index (χ1) is 15.0. The van der Waals surface area contributed by atoms with Gasteiger partial charge in [0.1, 0.15) is 0 Å². The van der Waals surface area contributed by atoms with E-state index in [2.05, 4.69) is 20.0 Å². The molecule has 0 N–H and O–H groups in total. The predicted molar refractivity (Wildman–Crippen MR) is 106 cm³/mol. The van der Waals surface area contributed by atoms with Crippen molar-refractivity contribution >= 4 is 0 Å². The molecule has 1 aliphatic heterocycles. The zero-order valence-electron chi connectivity index (χ0n) is 16.9. The van der Waals surface area contributed by atoms with Gasteiger partial charge in [0.15, 0.2) is 5.82 Å². The Morgan fingerprint density at radius 3 is 2.84 bits per heavy atom. The fourth-order valence-electron chi connectivity index (χ4n) is 3.65. The van der Waals surface area contributed by atoms with Crippen LogP contribution in [0.1, 0.15) is 41.2 Å². The zero-order chi connectivity index (χ0) is 21.7. The van der Waals surface area contributed by atoms with Crippen molar-refractivity contribution in [2.75, 3.05) is 13.1 Å². The molecular weight excluding hydrogens is 409 g/mol. The van der Waals surface area contributed by atoms with Crippen molar-refractivity contribution in [2.24, 2.45) is 0 Å². The molecule has 1 aromatic carbocycles. The summed E-state index contributed by atoms with van der Waals surface area (Å²) >= 11 is 0. The van der Waals surface area contributed by atoms with Crippen LogP contribution in [-0.4, -0.2) is 39.2 Å². The van der Waals surface area contributed by atoms with Crippen molar-refractivity contribution in [2.45, 2.75) is 44.7 Å². The van der Waals surface area contributed by atoms with Crippen LogP contribution in [0.2, 0.25) is 0 Å². The Morgan fingerprint density at radius 1 is 1.16 bits per heavy atom. The number of likely N-dealkylation sites (tertiary alicyclic amines) is 1. The zero-order valence-corrected chi connectivity index (χ0v) is 16.9. The number of piperidine rings is 1. The Bertz CT molecular complexity index is 978. The smallest absolute Gasteiger partial charge is 0.372 e. The van der Waals surface area contributed by atoms with Gasteiger partial charge in [-0.15, -0.1) is 0 Å². The minimum Gasteiger partial charge on any atom is -0.372 e. The van der Waals surface area contributed by atoms with Crippen molar-refractivity contribution in [1.29, 1.82) is 0 Å². The molecule has 0 bridgehead atoms. The molecule has 4 rings (SSSR count). The third-order valence-electron chi connectivity index (χ3n) is 5.16. The molecule has 1 aliphatic rings. The average Bonchev–Trinajstić information content (AvgIpc) is 3.19. The largest absolute Gasteiger partial charge is 0.416 e. The van der Waals surface area contributed by atoms with E-state index in [4.69, 9.17) is 9.26 Å². The van der Waals surface area contributed by atoms with Gasteiger partial charge in [-0.05, 0) is 42.6 Å². The lowest BCUT2D eigenvalue weighted by Crippen LogP contribution is -2.39. The number of halogens is 3. The minimum atomic E-state index is -4.37. The number of benzene rings is 1. The highest BCUT2D eigenvalue weighted by atomic mass is 19.4. The molecule has 31 heavy (non-hydrogen) atoms. The number of aromatic nitrogens is 3.